The van der Waals surface area contributed by atoms with Gasteiger partial charge in [0.15, 0.2) is 6.54 Å². The van der Waals surface area contributed by atoms with Gasteiger partial charge in [-0.15, -0.1) is 0 Å². The van der Waals surface area contributed by atoms with Gasteiger partial charge in [-0.1, -0.05) is 37.6 Å². The van der Waals surface area contributed by atoms with Crippen LogP contribution < -0.4 is 10.2 Å². The molecule has 0 spiro atoms. The molecule has 1 saturated heterocycles. The molecular formula is C16H24ClN2O+. The molecule has 2 atom stereocenters. The van der Waals surface area contributed by atoms with E-state index in [9.17, 15) is 4.79 Å². The Morgan fingerprint density at radius 3 is 2.70 bits per heavy atom. The molecule has 4 heteroatoms. The van der Waals surface area contributed by atoms with Crippen molar-refractivity contribution >= 4 is 17.5 Å². The Kier molecular flexibility index (Phi) is 5.44. The van der Waals surface area contributed by atoms with E-state index in [4.69, 9.17) is 11.6 Å². The van der Waals surface area contributed by atoms with Crippen LogP contribution in [0.15, 0.2) is 24.3 Å². The summed E-state index contributed by atoms with van der Waals surface area (Å²) < 4.78 is 0. The average Bonchev–Trinajstić information content (AvgIpc) is 2.35. The Morgan fingerprint density at radius 1 is 1.35 bits per heavy atom. The highest BCUT2D eigenvalue weighted by Gasteiger charge is 2.26. The standard InChI is InChI=1S/C16H23ClN2O/c1-12-6-13(2)10-19(9-12)11-16(20)18-8-14-4-3-5-15(17)7-14/h3-5,7,12-13H,6,8-11H2,1-2H3,(H,18,20)/p+1/t12-,13-/m1/s1. The molecule has 1 heterocycles. The summed E-state index contributed by atoms with van der Waals surface area (Å²) >= 11 is 5.93. The second kappa shape index (κ2) is 7.09. The van der Waals surface area contributed by atoms with Crippen LogP contribution in [0.25, 0.3) is 0 Å². The number of rotatable bonds is 4. The van der Waals surface area contributed by atoms with E-state index in [1.165, 1.54) is 11.3 Å². The molecule has 0 aliphatic carbocycles. The number of carbonyl (C=O) groups is 1. The van der Waals surface area contributed by atoms with E-state index in [2.05, 4.69) is 19.2 Å². The van der Waals surface area contributed by atoms with Crippen molar-refractivity contribution in [2.24, 2.45) is 11.8 Å². The predicted octanol–water partition coefficient (Wildman–Crippen LogP) is 1.52. The Labute approximate surface area is 126 Å². The van der Waals surface area contributed by atoms with E-state index in [1.807, 2.05) is 24.3 Å². The van der Waals surface area contributed by atoms with Gasteiger partial charge >= 0.3 is 0 Å². The largest absolute Gasteiger partial charge is 0.347 e. The van der Waals surface area contributed by atoms with Crippen LogP contribution in [0.3, 0.4) is 0 Å². The second-order valence-corrected chi connectivity index (χ2v) is 6.62. The Bertz CT molecular complexity index is 454. The lowest BCUT2D eigenvalue weighted by molar-refractivity contribution is -0.904. The zero-order valence-corrected chi connectivity index (χ0v) is 13.0. The minimum Gasteiger partial charge on any atom is -0.347 e. The molecule has 3 nitrogen and oxygen atoms in total. The van der Waals surface area contributed by atoms with Crippen LogP contribution in [0.5, 0.6) is 0 Å². The SMILES string of the molecule is C[C@@H]1C[C@@H](C)C[NH+](CC(=O)NCc2cccc(Cl)c2)C1. The molecule has 1 aliphatic heterocycles. The molecule has 0 saturated carbocycles. The zero-order valence-electron chi connectivity index (χ0n) is 12.3. The van der Waals surface area contributed by atoms with Gasteiger partial charge in [-0.3, -0.25) is 4.79 Å². The first-order valence-electron chi connectivity index (χ1n) is 7.37. The third kappa shape index (κ3) is 4.80. The van der Waals surface area contributed by atoms with Gasteiger partial charge in [0.2, 0.25) is 0 Å². The van der Waals surface area contributed by atoms with Crippen molar-refractivity contribution in [2.75, 3.05) is 19.6 Å². The average molecular weight is 296 g/mol. The summed E-state index contributed by atoms with van der Waals surface area (Å²) in [6, 6.07) is 7.61. The fourth-order valence-electron chi connectivity index (χ4n) is 3.20. The van der Waals surface area contributed by atoms with Crippen molar-refractivity contribution < 1.29 is 9.69 Å². The molecule has 0 radical (unpaired) electrons. The number of halogens is 1. The van der Waals surface area contributed by atoms with Crippen LogP contribution in [0.1, 0.15) is 25.8 Å². The topological polar surface area (TPSA) is 33.5 Å². The monoisotopic (exact) mass is 295 g/mol. The van der Waals surface area contributed by atoms with Gasteiger partial charge in [0, 0.05) is 23.4 Å². The van der Waals surface area contributed by atoms with Crippen LogP contribution in [0.4, 0.5) is 0 Å². The quantitative estimate of drug-likeness (QED) is 0.867. The number of amides is 1. The summed E-state index contributed by atoms with van der Waals surface area (Å²) in [5.41, 5.74) is 1.04. The normalized spacial score (nSPS) is 26.2. The molecule has 0 aromatic heterocycles. The molecule has 1 aromatic rings. The lowest BCUT2D eigenvalue weighted by Crippen LogP contribution is -3.15. The van der Waals surface area contributed by atoms with Crippen LogP contribution >= 0.6 is 11.6 Å². The maximum Gasteiger partial charge on any atom is 0.275 e. The predicted molar refractivity (Wildman–Crippen MR) is 81.8 cm³/mol. The fraction of sp³-hybridized carbons (Fsp3) is 0.562. The van der Waals surface area contributed by atoms with Gasteiger partial charge in [0.25, 0.3) is 5.91 Å². The highest BCUT2D eigenvalue weighted by atomic mass is 35.5. The zero-order chi connectivity index (χ0) is 14.5. The number of carbonyl (C=O) groups excluding carboxylic acids is 1. The smallest absolute Gasteiger partial charge is 0.275 e. The lowest BCUT2D eigenvalue weighted by Gasteiger charge is -2.31. The third-order valence-corrected chi connectivity index (χ3v) is 4.10. The summed E-state index contributed by atoms with van der Waals surface area (Å²) in [5, 5.41) is 3.69. The van der Waals surface area contributed by atoms with E-state index in [1.54, 1.807) is 0 Å². The first-order chi connectivity index (χ1) is 9.52. The number of quaternary nitrogens is 1. The van der Waals surface area contributed by atoms with Crippen LogP contribution in [-0.2, 0) is 11.3 Å². The molecule has 2 rings (SSSR count). The van der Waals surface area contributed by atoms with E-state index in [0.29, 0.717) is 18.1 Å². The highest BCUT2D eigenvalue weighted by Crippen LogP contribution is 2.12. The van der Waals surface area contributed by atoms with Gasteiger partial charge in [0.05, 0.1) is 13.1 Å². The lowest BCUT2D eigenvalue weighted by atomic mass is 9.92. The summed E-state index contributed by atoms with van der Waals surface area (Å²) in [6.07, 6.45) is 1.29. The molecule has 0 unspecified atom stereocenters. The number of likely N-dealkylation sites (tertiary alicyclic amines) is 1. The summed E-state index contributed by atoms with van der Waals surface area (Å²) in [7, 11) is 0. The Balaban J connectivity index is 1.78. The molecule has 1 amide bonds. The number of benzene rings is 1. The maximum absolute atomic E-state index is 12.0. The van der Waals surface area contributed by atoms with E-state index in [0.717, 1.165) is 30.5 Å². The van der Waals surface area contributed by atoms with E-state index in [-0.39, 0.29) is 5.91 Å². The second-order valence-electron chi connectivity index (χ2n) is 6.19. The minimum atomic E-state index is 0.126. The van der Waals surface area contributed by atoms with Crippen molar-refractivity contribution in [2.45, 2.75) is 26.8 Å². The summed E-state index contributed by atoms with van der Waals surface area (Å²) in [5.74, 6) is 1.56. The van der Waals surface area contributed by atoms with Crippen molar-refractivity contribution in [1.82, 2.24) is 5.32 Å². The number of nitrogens with one attached hydrogen (secondary N) is 2. The Hall–Kier alpha value is -1.06. The summed E-state index contributed by atoms with van der Waals surface area (Å²) in [6.45, 7) is 7.90. The van der Waals surface area contributed by atoms with Gasteiger partial charge in [-0.2, -0.15) is 0 Å². The van der Waals surface area contributed by atoms with Gasteiger partial charge < -0.3 is 10.2 Å². The molecule has 1 aliphatic rings. The van der Waals surface area contributed by atoms with Crippen molar-refractivity contribution in [3.8, 4) is 0 Å². The first-order valence-corrected chi connectivity index (χ1v) is 7.75. The van der Waals surface area contributed by atoms with Crippen molar-refractivity contribution in [1.29, 1.82) is 0 Å². The maximum atomic E-state index is 12.0. The first kappa shape index (κ1) is 15.3. The molecule has 1 fully saturated rings. The molecule has 0 bridgehead atoms. The third-order valence-electron chi connectivity index (χ3n) is 3.87. The van der Waals surface area contributed by atoms with Crippen molar-refractivity contribution in [3.05, 3.63) is 34.9 Å². The fourth-order valence-corrected chi connectivity index (χ4v) is 3.42. The summed E-state index contributed by atoms with van der Waals surface area (Å²) in [4.78, 5) is 13.4. The van der Waals surface area contributed by atoms with Gasteiger partial charge in [0.1, 0.15) is 0 Å². The van der Waals surface area contributed by atoms with Crippen LogP contribution in [0, 0.1) is 11.8 Å². The van der Waals surface area contributed by atoms with Crippen LogP contribution in [0.2, 0.25) is 5.02 Å². The number of hydrogen-bond acceptors (Lipinski definition) is 1. The molecule has 1 aromatic carbocycles. The molecule has 20 heavy (non-hydrogen) atoms. The van der Waals surface area contributed by atoms with E-state index < -0.39 is 0 Å². The number of hydrogen-bond donors (Lipinski definition) is 2. The molecular weight excluding hydrogens is 272 g/mol. The molecule has 2 N–H and O–H groups in total. The minimum absolute atomic E-state index is 0.126. The van der Waals surface area contributed by atoms with Crippen molar-refractivity contribution in [3.63, 3.8) is 0 Å². The van der Waals surface area contributed by atoms with Gasteiger partial charge in [-0.25, -0.2) is 0 Å². The Morgan fingerprint density at radius 2 is 2.05 bits per heavy atom. The number of piperidine rings is 1. The van der Waals surface area contributed by atoms with E-state index >= 15 is 0 Å². The van der Waals surface area contributed by atoms with Gasteiger partial charge in [-0.05, 0) is 24.1 Å². The highest BCUT2D eigenvalue weighted by molar-refractivity contribution is 6.30. The van der Waals surface area contributed by atoms with Crippen LogP contribution in [-0.4, -0.2) is 25.5 Å². The molecule has 110 valence electrons.